The Morgan fingerprint density at radius 3 is 2.14 bits per heavy atom. The van der Waals surface area contributed by atoms with Gasteiger partial charge in [0.1, 0.15) is 0 Å². The summed E-state index contributed by atoms with van der Waals surface area (Å²) in [6.07, 6.45) is 7.80. The minimum atomic E-state index is 0.923. The Balaban J connectivity index is 2.85. The van der Waals surface area contributed by atoms with Gasteiger partial charge in [0, 0.05) is 13.2 Å². The van der Waals surface area contributed by atoms with Gasteiger partial charge in [-0.25, -0.2) is 0 Å². The van der Waals surface area contributed by atoms with Crippen molar-refractivity contribution in [2.75, 3.05) is 33.9 Å². The maximum atomic E-state index is 5.54. The molecule has 2 nitrogen and oxygen atoms in total. The Kier molecular flexibility index (Phi) is 10.9. The highest BCUT2D eigenvalue weighted by Gasteiger charge is 1.92. The summed E-state index contributed by atoms with van der Waals surface area (Å²) < 4.78 is 5.54. The number of hydrogen-bond acceptors (Lipinski definition) is 2. The van der Waals surface area contributed by atoms with Crippen molar-refractivity contribution in [1.82, 2.24) is 4.90 Å². The molecular formula is C12H27NO. The quantitative estimate of drug-likeness (QED) is 0.504. The fourth-order valence-electron chi connectivity index (χ4n) is 1.39. The van der Waals surface area contributed by atoms with Crippen molar-refractivity contribution < 1.29 is 4.74 Å². The van der Waals surface area contributed by atoms with Crippen LogP contribution in [0, 0.1) is 0 Å². The van der Waals surface area contributed by atoms with Gasteiger partial charge in [-0.1, -0.05) is 32.6 Å². The lowest BCUT2D eigenvalue weighted by atomic mass is 10.2. The maximum absolute atomic E-state index is 5.54. The van der Waals surface area contributed by atoms with Gasteiger partial charge in [0.25, 0.3) is 0 Å². The SMILES string of the molecule is CCCCCCCOCCCN(C)C. The summed E-state index contributed by atoms with van der Waals surface area (Å²) in [4.78, 5) is 2.20. The molecule has 14 heavy (non-hydrogen) atoms. The van der Waals surface area contributed by atoms with Gasteiger partial charge in [-0.2, -0.15) is 0 Å². The molecule has 0 saturated carbocycles. The van der Waals surface area contributed by atoms with E-state index in [2.05, 4.69) is 25.9 Å². The highest BCUT2D eigenvalue weighted by molar-refractivity contribution is 4.44. The zero-order valence-electron chi connectivity index (χ0n) is 10.2. The van der Waals surface area contributed by atoms with Gasteiger partial charge in [0.15, 0.2) is 0 Å². The van der Waals surface area contributed by atoms with Gasteiger partial charge in [0.2, 0.25) is 0 Å². The van der Waals surface area contributed by atoms with Crippen molar-refractivity contribution >= 4 is 0 Å². The van der Waals surface area contributed by atoms with Crippen molar-refractivity contribution in [3.63, 3.8) is 0 Å². The molecule has 0 aromatic rings. The average Bonchev–Trinajstić information content (AvgIpc) is 2.15. The second-order valence-electron chi connectivity index (χ2n) is 4.18. The molecular weight excluding hydrogens is 174 g/mol. The maximum Gasteiger partial charge on any atom is 0.0478 e. The van der Waals surface area contributed by atoms with Crippen LogP contribution in [0.5, 0.6) is 0 Å². The molecule has 0 aromatic carbocycles. The van der Waals surface area contributed by atoms with Crippen LogP contribution in [0.4, 0.5) is 0 Å². The highest BCUT2D eigenvalue weighted by atomic mass is 16.5. The van der Waals surface area contributed by atoms with Crippen LogP contribution in [-0.4, -0.2) is 38.8 Å². The van der Waals surface area contributed by atoms with Gasteiger partial charge in [-0.05, 0) is 33.5 Å². The molecule has 0 radical (unpaired) electrons. The third-order valence-corrected chi connectivity index (χ3v) is 2.29. The van der Waals surface area contributed by atoms with Crippen molar-refractivity contribution in [1.29, 1.82) is 0 Å². The van der Waals surface area contributed by atoms with Gasteiger partial charge in [-0.15, -0.1) is 0 Å². The van der Waals surface area contributed by atoms with E-state index in [1.807, 2.05) is 0 Å². The third-order valence-electron chi connectivity index (χ3n) is 2.29. The van der Waals surface area contributed by atoms with E-state index in [9.17, 15) is 0 Å². The molecule has 0 rings (SSSR count). The molecule has 2 heteroatoms. The summed E-state index contributed by atoms with van der Waals surface area (Å²) in [5, 5.41) is 0. The Hall–Kier alpha value is -0.0800. The molecule has 0 aliphatic rings. The summed E-state index contributed by atoms with van der Waals surface area (Å²) >= 11 is 0. The predicted octanol–water partition coefficient (Wildman–Crippen LogP) is 2.93. The molecule has 0 fully saturated rings. The van der Waals surface area contributed by atoms with E-state index in [0.717, 1.165) is 26.2 Å². The molecule has 0 aliphatic carbocycles. The third kappa shape index (κ3) is 11.9. The topological polar surface area (TPSA) is 12.5 Å². The summed E-state index contributed by atoms with van der Waals surface area (Å²) in [7, 11) is 4.20. The zero-order valence-corrected chi connectivity index (χ0v) is 10.2. The average molecular weight is 201 g/mol. The van der Waals surface area contributed by atoms with E-state index in [0.29, 0.717) is 0 Å². The van der Waals surface area contributed by atoms with Crippen LogP contribution >= 0.6 is 0 Å². The van der Waals surface area contributed by atoms with Crippen LogP contribution in [-0.2, 0) is 4.74 Å². The van der Waals surface area contributed by atoms with Gasteiger partial charge >= 0.3 is 0 Å². The number of rotatable bonds is 10. The van der Waals surface area contributed by atoms with Crippen molar-refractivity contribution in [3.05, 3.63) is 0 Å². The van der Waals surface area contributed by atoms with Crippen LogP contribution in [0.3, 0.4) is 0 Å². The Morgan fingerprint density at radius 1 is 0.857 bits per heavy atom. The standard InChI is InChI=1S/C12H27NO/c1-4-5-6-7-8-11-14-12-9-10-13(2)3/h4-12H2,1-3H3. The summed E-state index contributed by atoms with van der Waals surface area (Å²) in [6, 6.07) is 0. The Morgan fingerprint density at radius 2 is 1.50 bits per heavy atom. The highest BCUT2D eigenvalue weighted by Crippen LogP contribution is 2.02. The monoisotopic (exact) mass is 201 g/mol. The first-order valence-electron chi connectivity index (χ1n) is 6.00. The predicted molar refractivity (Wildman–Crippen MR) is 62.7 cm³/mol. The van der Waals surface area contributed by atoms with E-state index in [1.165, 1.54) is 32.1 Å². The first kappa shape index (κ1) is 13.9. The number of hydrogen-bond donors (Lipinski definition) is 0. The van der Waals surface area contributed by atoms with Gasteiger partial charge in [-0.3, -0.25) is 0 Å². The fraction of sp³-hybridized carbons (Fsp3) is 1.00. The van der Waals surface area contributed by atoms with Gasteiger partial charge < -0.3 is 9.64 Å². The Labute approximate surface area is 89.6 Å². The molecule has 0 spiro atoms. The second kappa shape index (κ2) is 11.0. The lowest BCUT2D eigenvalue weighted by Crippen LogP contribution is -2.14. The van der Waals surface area contributed by atoms with Crippen LogP contribution in [0.2, 0.25) is 0 Å². The molecule has 0 saturated heterocycles. The molecule has 0 N–H and O–H groups in total. The lowest BCUT2D eigenvalue weighted by Gasteiger charge is -2.09. The van der Waals surface area contributed by atoms with E-state index in [-0.39, 0.29) is 0 Å². The second-order valence-corrected chi connectivity index (χ2v) is 4.18. The molecule has 0 bridgehead atoms. The fourth-order valence-corrected chi connectivity index (χ4v) is 1.39. The summed E-state index contributed by atoms with van der Waals surface area (Å²) in [5.74, 6) is 0. The van der Waals surface area contributed by atoms with Crippen molar-refractivity contribution in [2.45, 2.75) is 45.4 Å². The minimum Gasteiger partial charge on any atom is -0.381 e. The summed E-state index contributed by atoms with van der Waals surface area (Å²) in [5.41, 5.74) is 0. The smallest absolute Gasteiger partial charge is 0.0478 e. The normalized spacial score (nSPS) is 11.1. The van der Waals surface area contributed by atoms with E-state index in [4.69, 9.17) is 4.74 Å². The minimum absolute atomic E-state index is 0.923. The van der Waals surface area contributed by atoms with E-state index in [1.54, 1.807) is 0 Å². The molecule has 0 amide bonds. The molecule has 0 atom stereocenters. The van der Waals surface area contributed by atoms with Crippen LogP contribution < -0.4 is 0 Å². The lowest BCUT2D eigenvalue weighted by molar-refractivity contribution is 0.122. The van der Waals surface area contributed by atoms with Crippen LogP contribution in [0.15, 0.2) is 0 Å². The summed E-state index contributed by atoms with van der Waals surface area (Å²) in [6.45, 7) is 5.26. The van der Waals surface area contributed by atoms with Crippen LogP contribution in [0.25, 0.3) is 0 Å². The zero-order chi connectivity index (χ0) is 10.6. The molecule has 0 aliphatic heterocycles. The number of ether oxygens (including phenoxy) is 1. The molecule has 0 aromatic heterocycles. The van der Waals surface area contributed by atoms with Crippen molar-refractivity contribution in [2.24, 2.45) is 0 Å². The number of unbranched alkanes of at least 4 members (excludes halogenated alkanes) is 4. The largest absolute Gasteiger partial charge is 0.381 e. The molecule has 0 heterocycles. The first-order valence-corrected chi connectivity index (χ1v) is 6.00. The van der Waals surface area contributed by atoms with Crippen molar-refractivity contribution in [3.8, 4) is 0 Å². The molecule has 86 valence electrons. The van der Waals surface area contributed by atoms with Gasteiger partial charge in [0.05, 0.1) is 0 Å². The molecule has 0 unspecified atom stereocenters. The Bertz CT molecular complexity index is 104. The van der Waals surface area contributed by atoms with Crippen LogP contribution in [0.1, 0.15) is 45.4 Å². The van der Waals surface area contributed by atoms with E-state index < -0.39 is 0 Å². The van der Waals surface area contributed by atoms with E-state index >= 15 is 0 Å². The first-order chi connectivity index (χ1) is 6.77. The number of nitrogens with zero attached hydrogens (tertiary/aromatic N) is 1.